The lowest BCUT2D eigenvalue weighted by Gasteiger charge is -2.11. The van der Waals surface area contributed by atoms with Gasteiger partial charge in [0.15, 0.2) is 4.90 Å². The van der Waals surface area contributed by atoms with E-state index in [1.165, 1.54) is 12.1 Å². The van der Waals surface area contributed by atoms with Gasteiger partial charge in [0.2, 0.25) is 0 Å². The molecule has 2 aromatic rings. The first kappa shape index (κ1) is 16.6. The smallest absolute Gasteiger partial charge is 0.345 e. The lowest BCUT2D eigenvalue weighted by molar-refractivity contribution is 0.460. The van der Waals surface area contributed by atoms with Crippen molar-refractivity contribution in [1.29, 1.82) is 0 Å². The summed E-state index contributed by atoms with van der Waals surface area (Å²) in [5.41, 5.74) is 1.05. The molecule has 0 saturated carbocycles. The maximum absolute atomic E-state index is 13.6. The van der Waals surface area contributed by atoms with E-state index in [1.807, 2.05) is 23.5 Å². The van der Waals surface area contributed by atoms with Crippen LogP contribution in [0.25, 0.3) is 0 Å². The first-order chi connectivity index (χ1) is 11.0. The number of hydrogen-bond acceptors (Lipinski definition) is 5. The number of halogens is 2. The van der Waals surface area contributed by atoms with Crippen molar-refractivity contribution in [3.8, 4) is 5.75 Å². The van der Waals surface area contributed by atoms with E-state index in [9.17, 15) is 17.2 Å². The van der Waals surface area contributed by atoms with Crippen molar-refractivity contribution in [2.45, 2.75) is 9.48 Å². The highest BCUT2D eigenvalue weighted by atomic mass is 32.2. The van der Waals surface area contributed by atoms with Gasteiger partial charge in [-0.3, -0.25) is 0 Å². The second kappa shape index (κ2) is 6.70. The Hall–Kier alpha value is -1.25. The average molecular weight is 374 g/mol. The molecule has 3 nitrogen and oxygen atoms in total. The van der Waals surface area contributed by atoms with E-state index in [4.69, 9.17) is 4.18 Å². The third-order valence-electron chi connectivity index (χ3n) is 3.15. The maximum Gasteiger partial charge on any atom is 0.345 e. The molecule has 1 aliphatic rings. The Morgan fingerprint density at radius 3 is 2.09 bits per heavy atom. The molecule has 0 aromatic heterocycles. The van der Waals surface area contributed by atoms with E-state index in [1.54, 1.807) is 12.1 Å². The predicted molar refractivity (Wildman–Crippen MR) is 88.3 cm³/mol. The van der Waals surface area contributed by atoms with Crippen LogP contribution in [0.15, 0.2) is 47.4 Å². The van der Waals surface area contributed by atoms with E-state index >= 15 is 0 Å². The Bertz CT molecular complexity index is 781. The highest BCUT2D eigenvalue weighted by Gasteiger charge is 2.26. The topological polar surface area (TPSA) is 43.4 Å². The highest BCUT2D eigenvalue weighted by molar-refractivity contribution is 8.19. The lowest BCUT2D eigenvalue weighted by atomic mass is 10.2. The third kappa shape index (κ3) is 3.64. The van der Waals surface area contributed by atoms with Gasteiger partial charge in [-0.25, -0.2) is 8.78 Å². The van der Waals surface area contributed by atoms with Gasteiger partial charge in [-0.05, 0) is 29.8 Å². The zero-order valence-electron chi connectivity index (χ0n) is 11.7. The highest BCUT2D eigenvalue weighted by Crippen LogP contribution is 2.45. The fraction of sp³-hybridized carbons (Fsp3) is 0.200. The average Bonchev–Trinajstić information content (AvgIpc) is 3.01. The van der Waals surface area contributed by atoms with Crippen molar-refractivity contribution >= 4 is 33.6 Å². The van der Waals surface area contributed by atoms with Crippen molar-refractivity contribution in [2.24, 2.45) is 0 Å². The van der Waals surface area contributed by atoms with Crippen LogP contribution >= 0.6 is 23.5 Å². The van der Waals surface area contributed by atoms with Crippen LogP contribution in [-0.2, 0) is 10.1 Å². The SMILES string of the molecule is O=S(=O)(Oc1ccc(C2SCCS2)cc1)c1c(F)cccc1F. The zero-order valence-corrected chi connectivity index (χ0v) is 14.2. The first-order valence-electron chi connectivity index (χ1n) is 6.69. The Kier molecular flexibility index (Phi) is 4.84. The van der Waals surface area contributed by atoms with E-state index in [0.29, 0.717) is 4.58 Å². The quantitative estimate of drug-likeness (QED) is 0.750. The predicted octanol–water partition coefficient (Wildman–Crippen LogP) is 4.21. The summed E-state index contributed by atoms with van der Waals surface area (Å²) in [4.78, 5) is -1.08. The molecule has 0 unspecified atom stereocenters. The largest absolute Gasteiger partial charge is 0.379 e. The summed E-state index contributed by atoms with van der Waals surface area (Å²) in [5.74, 6) is -0.187. The van der Waals surface area contributed by atoms with Gasteiger partial charge in [-0.15, -0.1) is 23.5 Å². The second-order valence-electron chi connectivity index (χ2n) is 4.73. The molecule has 0 bridgehead atoms. The summed E-state index contributed by atoms with van der Waals surface area (Å²) < 4.78 is 56.5. The van der Waals surface area contributed by atoms with Crippen molar-refractivity contribution in [3.05, 3.63) is 59.7 Å². The van der Waals surface area contributed by atoms with E-state index in [2.05, 4.69) is 0 Å². The fourth-order valence-electron chi connectivity index (χ4n) is 2.12. The summed E-state index contributed by atoms with van der Waals surface area (Å²) in [6.07, 6.45) is 0. The van der Waals surface area contributed by atoms with Gasteiger partial charge >= 0.3 is 10.1 Å². The minimum Gasteiger partial charge on any atom is -0.379 e. The molecule has 0 atom stereocenters. The molecular formula is C15H12F2O3S3. The summed E-state index contributed by atoms with van der Waals surface area (Å²) >= 11 is 3.64. The molecule has 1 fully saturated rings. The molecule has 0 radical (unpaired) electrons. The van der Waals surface area contributed by atoms with Gasteiger partial charge in [0.25, 0.3) is 0 Å². The van der Waals surface area contributed by atoms with Crippen molar-refractivity contribution in [3.63, 3.8) is 0 Å². The number of rotatable bonds is 4. The maximum atomic E-state index is 13.6. The van der Waals surface area contributed by atoms with Crippen molar-refractivity contribution in [1.82, 2.24) is 0 Å². The number of benzene rings is 2. The molecular weight excluding hydrogens is 362 g/mol. The molecule has 23 heavy (non-hydrogen) atoms. The Morgan fingerprint density at radius 1 is 0.957 bits per heavy atom. The summed E-state index contributed by atoms with van der Waals surface area (Å²) in [6.45, 7) is 0. The summed E-state index contributed by atoms with van der Waals surface area (Å²) in [6, 6.07) is 9.34. The molecule has 122 valence electrons. The van der Waals surface area contributed by atoms with Crippen LogP contribution in [0.1, 0.15) is 10.1 Å². The second-order valence-corrected chi connectivity index (χ2v) is 8.94. The minimum atomic E-state index is -4.57. The zero-order chi connectivity index (χ0) is 16.4. The molecule has 1 heterocycles. The molecule has 0 aliphatic carbocycles. The van der Waals surface area contributed by atoms with Gasteiger partial charge < -0.3 is 4.18 Å². The first-order valence-corrected chi connectivity index (χ1v) is 10.2. The lowest BCUT2D eigenvalue weighted by Crippen LogP contribution is -2.13. The van der Waals surface area contributed by atoms with Crippen LogP contribution in [-0.4, -0.2) is 19.9 Å². The summed E-state index contributed by atoms with van der Waals surface area (Å²) in [7, 11) is -4.57. The van der Waals surface area contributed by atoms with Gasteiger partial charge in [0.05, 0.1) is 4.58 Å². The molecule has 1 aliphatic heterocycles. The van der Waals surface area contributed by atoms with Gasteiger partial charge in [0.1, 0.15) is 17.4 Å². The summed E-state index contributed by atoms with van der Waals surface area (Å²) in [5, 5.41) is 0. The van der Waals surface area contributed by atoms with E-state index in [0.717, 1.165) is 35.3 Å². The van der Waals surface area contributed by atoms with Gasteiger partial charge in [0, 0.05) is 11.5 Å². The molecule has 0 N–H and O–H groups in total. The molecule has 8 heteroatoms. The third-order valence-corrected chi connectivity index (χ3v) is 7.56. The van der Waals surface area contributed by atoms with Crippen LogP contribution in [0.5, 0.6) is 5.75 Å². The van der Waals surface area contributed by atoms with Gasteiger partial charge in [-0.1, -0.05) is 18.2 Å². The van der Waals surface area contributed by atoms with Crippen molar-refractivity contribution < 1.29 is 21.4 Å². The Labute approximate surface area is 141 Å². The fourth-order valence-corrected chi connectivity index (χ4v) is 6.04. The van der Waals surface area contributed by atoms with Crippen LogP contribution in [0.4, 0.5) is 8.78 Å². The Balaban J connectivity index is 1.83. The standard InChI is InChI=1S/C15H12F2O3S3/c16-12-2-1-3-13(17)14(12)23(18,19)20-11-6-4-10(5-7-11)15-21-8-9-22-15/h1-7,15H,8-9H2. The molecule has 0 amide bonds. The monoisotopic (exact) mass is 374 g/mol. The van der Waals surface area contributed by atoms with E-state index < -0.39 is 26.6 Å². The van der Waals surface area contributed by atoms with Crippen LogP contribution in [0, 0.1) is 11.6 Å². The van der Waals surface area contributed by atoms with Crippen molar-refractivity contribution in [2.75, 3.05) is 11.5 Å². The minimum absolute atomic E-state index is 0.0180. The van der Waals surface area contributed by atoms with Crippen LogP contribution < -0.4 is 4.18 Å². The molecule has 2 aromatic carbocycles. The van der Waals surface area contributed by atoms with Crippen LogP contribution in [0.2, 0.25) is 0 Å². The van der Waals surface area contributed by atoms with Gasteiger partial charge in [-0.2, -0.15) is 8.42 Å². The molecule has 3 rings (SSSR count). The molecule has 0 spiro atoms. The van der Waals surface area contributed by atoms with E-state index in [-0.39, 0.29) is 5.75 Å². The molecule has 1 saturated heterocycles. The number of hydrogen-bond donors (Lipinski definition) is 0. The normalized spacial score (nSPS) is 15.7. The van der Waals surface area contributed by atoms with Crippen LogP contribution in [0.3, 0.4) is 0 Å². The Morgan fingerprint density at radius 2 is 1.52 bits per heavy atom. The number of thioether (sulfide) groups is 2.